The van der Waals surface area contributed by atoms with Gasteiger partial charge in [0, 0.05) is 102 Å². The quantitative estimate of drug-likeness (QED) is 0.107. The predicted octanol–water partition coefficient (Wildman–Crippen LogP) is 6.49. The van der Waals surface area contributed by atoms with E-state index in [1.807, 2.05) is 122 Å². The highest BCUT2D eigenvalue weighted by Crippen LogP contribution is 2.32. The zero-order chi connectivity index (χ0) is 35.5. The Kier molecular flexibility index (Phi) is 12.1. The lowest BCUT2D eigenvalue weighted by molar-refractivity contribution is 0.204. The van der Waals surface area contributed by atoms with Gasteiger partial charge in [-0.05, 0) is 54.1 Å². The smallest absolute Gasteiger partial charge is 0.243 e. The van der Waals surface area contributed by atoms with Crippen molar-refractivity contribution in [2.75, 3.05) is 45.2 Å². The van der Waals surface area contributed by atoms with E-state index >= 15 is 0 Å². The molecule has 10 heteroatoms. The van der Waals surface area contributed by atoms with E-state index in [0.29, 0.717) is 56.1 Å². The molecular formula is C41H45N7O2S. The maximum Gasteiger partial charge on any atom is 0.243 e. The second-order valence-electron chi connectivity index (χ2n) is 12.8. The van der Waals surface area contributed by atoms with Gasteiger partial charge in [-0.25, -0.2) is 8.42 Å². The maximum atomic E-state index is 14.9. The van der Waals surface area contributed by atoms with Gasteiger partial charge in [-0.3, -0.25) is 24.8 Å². The van der Waals surface area contributed by atoms with E-state index < -0.39 is 10.0 Å². The summed E-state index contributed by atoms with van der Waals surface area (Å²) in [5.41, 5.74) is 4.89. The zero-order valence-electron chi connectivity index (χ0n) is 29.3. The molecule has 3 heterocycles. The Bertz CT molecular complexity index is 1890. The third-order valence-electron chi connectivity index (χ3n) is 8.87. The van der Waals surface area contributed by atoms with Crippen LogP contribution in [0.25, 0.3) is 10.8 Å². The summed E-state index contributed by atoms with van der Waals surface area (Å²) in [6, 6.07) is 39.4. The van der Waals surface area contributed by atoms with E-state index in [2.05, 4.69) is 36.9 Å². The normalized spacial score (nSPS) is 11.9. The summed E-state index contributed by atoms with van der Waals surface area (Å²) < 4.78 is 31.5. The van der Waals surface area contributed by atoms with Crippen LogP contribution < -0.4 is 4.90 Å². The molecule has 0 radical (unpaired) electrons. The highest BCUT2D eigenvalue weighted by atomic mass is 32.2. The van der Waals surface area contributed by atoms with Crippen molar-refractivity contribution in [1.29, 1.82) is 0 Å². The SMILES string of the molecule is CN(C)c1cccc2c(S(=O)(=O)N(CCN(Cc3ccccc3)Cc3ccccn3)CCN(Cc3ccccn3)Cc3ccccn3)cccc12. The van der Waals surface area contributed by atoms with Gasteiger partial charge >= 0.3 is 0 Å². The number of rotatable bonds is 17. The molecule has 0 amide bonds. The van der Waals surface area contributed by atoms with Crippen LogP contribution in [-0.4, -0.2) is 77.7 Å². The second kappa shape index (κ2) is 17.3. The van der Waals surface area contributed by atoms with E-state index in [1.54, 1.807) is 29.0 Å². The molecule has 0 saturated carbocycles. The first-order valence-corrected chi connectivity index (χ1v) is 18.7. The molecule has 0 spiro atoms. The minimum absolute atomic E-state index is 0.286. The summed E-state index contributed by atoms with van der Waals surface area (Å²) in [6.45, 7) is 3.96. The average molecular weight is 700 g/mol. The van der Waals surface area contributed by atoms with Crippen molar-refractivity contribution in [3.05, 3.63) is 163 Å². The summed E-state index contributed by atoms with van der Waals surface area (Å²) in [5.74, 6) is 0. The molecule has 6 rings (SSSR count). The molecule has 0 fully saturated rings. The lowest BCUT2D eigenvalue weighted by atomic mass is 10.1. The standard InChI is InChI=1S/C41H45N7O2S/c1-45(2)40-21-12-20-39-38(40)19-13-22-41(39)51(49,50)48(28-26-46(30-34-14-4-3-5-15-34)31-35-16-6-9-23-42-35)29-27-47(32-36-17-7-10-24-43-36)33-37-18-8-11-25-44-37/h3-25H,26-33H2,1-2H3. The van der Waals surface area contributed by atoms with Crippen molar-refractivity contribution < 1.29 is 8.42 Å². The van der Waals surface area contributed by atoms with Crippen LogP contribution in [0.3, 0.4) is 0 Å². The monoisotopic (exact) mass is 699 g/mol. The molecule has 3 aromatic heterocycles. The van der Waals surface area contributed by atoms with Crippen LogP contribution in [0.15, 0.2) is 145 Å². The highest BCUT2D eigenvalue weighted by Gasteiger charge is 2.28. The first kappa shape index (κ1) is 35.8. The summed E-state index contributed by atoms with van der Waals surface area (Å²) in [4.78, 5) is 20.5. The number of hydrogen-bond donors (Lipinski definition) is 0. The van der Waals surface area contributed by atoms with Crippen molar-refractivity contribution in [3.63, 3.8) is 0 Å². The fourth-order valence-corrected chi connectivity index (χ4v) is 7.94. The van der Waals surface area contributed by atoms with Crippen LogP contribution in [-0.2, 0) is 36.2 Å². The summed E-state index contributed by atoms with van der Waals surface area (Å²) in [5, 5.41) is 1.61. The Morgan fingerprint density at radius 2 is 0.980 bits per heavy atom. The Morgan fingerprint density at radius 1 is 0.490 bits per heavy atom. The highest BCUT2D eigenvalue weighted by molar-refractivity contribution is 7.89. The molecule has 0 saturated heterocycles. The topological polar surface area (TPSA) is 85.8 Å². The van der Waals surface area contributed by atoms with Crippen molar-refractivity contribution in [2.45, 2.75) is 31.1 Å². The van der Waals surface area contributed by atoms with Gasteiger partial charge in [0.15, 0.2) is 0 Å². The van der Waals surface area contributed by atoms with Crippen LogP contribution in [0.2, 0.25) is 0 Å². The number of hydrogen-bond acceptors (Lipinski definition) is 8. The number of benzene rings is 3. The fraction of sp³-hybridized carbons (Fsp3) is 0.244. The maximum absolute atomic E-state index is 14.9. The molecule has 0 aliphatic rings. The van der Waals surface area contributed by atoms with Gasteiger partial charge in [0.2, 0.25) is 10.0 Å². The largest absolute Gasteiger partial charge is 0.377 e. The van der Waals surface area contributed by atoms with Gasteiger partial charge in [-0.2, -0.15) is 4.31 Å². The Balaban J connectivity index is 1.33. The van der Waals surface area contributed by atoms with Crippen molar-refractivity contribution in [2.24, 2.45) is 0 Å². The van der Waals surface area contributed by atoms with Crippen LogP contribution in [0.4, 0.5) is 5.69 Å². The summed E-state index contributed by atoms with van der Waals surface area (Å²) >= 11 is 0. The van der Waals surface area contributed by atoms with Gasteiger partial charge in [-0.1, -0.05) is 72.8 Å². The number of anilines is 1. The molecule has 0 aliphatic heterocycles. The second-order valence-corrected chi connectivity index (χ2v) is 14.7. The Labute approximate surface area is 301 Å². The molecule has 51 heavy (non-hydrogen) atoms. The third-order valence-corrected chi connectivity index (χ3v) is 10.8. The van der Waals surface area contributed by atoms with E-state index in [0.717, 1.165) is 33.7 Å². The van der Waals surface area contributed by atoms with Crippen LogP contribution in [0.5, 0.6) is 0 Å². The van der Waals surface area contributed by atoms with Gasteiger partial charge in [0.25, 0.3) is 0 Å². The predicted molar refractivity (Wildman–Crippen MR) is 204 cm³/mol. The molecule has 3 aromatic carbocycles. The molecule has 0 atom stereocenters. The minimum atomic E-state index is -3.94. The molecule has 0 bridgehead atoms. The molecule has 0 unspecified atom stereocenters. The lowest BCUT2D eigenvalue weighted by Gasteiger charge is -2.30. The average Bonchev–Trinajstić information content (AvgIpc) is 3.15. The van der Waals surface area contributed by atoms with Crippen LogP contribution in [0, 0.1) is 0 Å². The first-order valence-electron chi connectivity index (χ1n) is 17.2. The number of pyridine rings is 3. The summed E-state index contributed by atoms with van der Waals surface area (Å²) in [6.07, 6.45) is 5.37. The molecule has 0 aliphatic carbocycles. The Morgan fingerprint density at radius 3 is 1.49 bits per heavy atom. The molecule has 6 aromatic rings. The van der Waals surface area contributed by atoms with E-state index in [4.69, 9.17) is 0 Å². The Hall–Kier alpha value is -5.00. The van der Waals surface area contributed by atoms with E-state index in [-0.39, 0.29) is 6.54 Å². The van der Waals surface area contributed by atoms with Crippen molar-refractivity contribution in [1.82, 2.24) is 29.1 Å². The number of aromatic nitrogens is 3. The van der Waals surface area contributed by atoms with E-state index in [9.17, 15) is 8.42 Å². The van der Waals surface area contributed by atoms with E-state index in [1.165, 1.54) is 0 Å². The van der Waals surface area contributed by atoms with Gasteiger partial charge in [-0.15, -0.1) is 0 Å². The molecule has 262 valence electrons. The van der Waals surface area contributed by atoms with Crippen LogP contribution >= 0.6 is 0 Å². The number of nitrogens with zero attached hydrogens (tertiary/aromatic N) is 7. The summed E-state index contributed by atoms with van der Waals surface area (Å²) in [7, 11) is 0.0120. The van der Waals surface area contributed by atoms with Gasteiger partial charge in [0.05, 0.1) is 22.0 Å². The molecule has 0 N–H and O–H groups in total. The van der Waals surface area contributed by atoms with Crippen LogP contribution in [0.1, 0.15) is 22.6 Å². The minimum Gasteiger partial charge on any atom is -0.377 e. The van der Waals surface area contributed by atoms with Crippen molar-refractivity contribution >= 4 is 26.5 Å². The van der Waals surface area contributed by atoms with Gasteiger partial charge in [0.1, 0.15) is 0 Å². The van der Waals surface area contributed by atoms with Gasteiger partial charge < -0.3 is 4.90 Å². The fourth-order valence-electron chi connectivity index (χ4n) is 6.31. The molecule has 9 nitrogen and oxygen atoms in total. The lowest BCUT2D eigenvalue weighted by Crippen LogP contribution is -2.42. The first-order chi connectivity index (χ1) is 24.9. The zero-order valence-corrected chi connectivity index (χ0v) is 30.1. The number of fused-ring (bicyclic) bond motifs is 1. The molecular weight excluding hydrogens is 655 g/mol. The van der Waals surface area contributed by atoms with Crippen molar-refractivity contribution in [3.8, 4) is 0 Å². The number of sulfonamides is 1. The third kappa shape index (κ3) is 9.62.